The molecule has 0 spiro atoms. The van der Waals surface area contributed by atoms with E-state index in [-0.39, 0.29) is 6.61 Å². The van der Waals surface area contributed by atoms with E-state index < -0.39 is 0 Å². The zero-order chi connectivity index (χ0) is 11.8. The molecule has 0 saturated heterocycles. The predicted molar refractivity (Wildman–Crippen MR) is 64.1 cm³/mol. The zero-order valence-electron chi connectivity index (χ0n) is 10.2. The molecule has 0 radical (unpaired) electrons. The van der Waals surface area contributed by atoms with Crippen molar-refractivity contribution in [3.05, 3.63) is 23.7 Å². The second kappa shape index (κ2) is 7.44. The minimum atomic E-state index is -0.0283. The Hall–Kier alpha value is -0.840. The summed E-state index contributed by atoms with van der Waals surface area (Å²) in [5.41, 5.74) is 0. The second-order valence-corrected chi connectivity index (χ2v) is 3.73. The van der Waals surface area contributed by atoms with Gasteiger partial charge in [-0.3, -0.25) is 0 Å². The Morgan fingerprint density at radius 2 is 1.94 bits per heavy atom. The Labute approximate surface area is 97.2 Å². The number of hydrogen-bond acceptors (Lipinski definition) is 4. The Morgan fingerprint density at radius 1 is 1.25 bits per heavy atom. The van der Waals surface area contributed by atoms with Gasteiger partial charge in [0.25, 0.3) is 0 Å². The maximum absolute atomic E-state index is 8.84. The van der Waals surface area contributed by atoms with Gasteiger partial charge in [-0.2, -0.15) is 0 Å². The molecule has 0 aromatic carbocycles. The van der Waals surface area contributed by atoms with Crippen molar-refractivity contribution in [2.24, 2.45) is 0 Å². The van der Waals surface area contributed by atoms with Crippen LogP contribution in [0.1, 0.15) is 25.4 Å². The van der Waals surface area contributed by atoms with E-state index in [1.54, 1.807) is 6.07 Å². The molecule has 0 saturated carbocycles. The monoisotopic (exact) mass is 226 g/mol. The Kier molecular flexibility index (Phi) is 6.15. The third kappa shape index (κ3) is 4.35. The Morgan fingerprint density at radius 3 is 2.50 bits per heavy atom. The molecular weight excluding hydrogens is 204 g/mol. The molecule has 0 aliphatic carbocycles. The second-order valence-electron chi connectivity index (χ2n) is 3.73. The largest absolute Gasteiger partial charge is 0.462 e. The van der Waals surface area contributed by atoms with Crippen LogP contribution >= 0.6 is 0 Å². The van der Waals surface area contributed by atoms with E-state index in [9.17, 15) is 0 Å². The number of nitrogens with one attached hydrogen (secondary N) is 1. The summed E-state index contributed by atoms with van der Waals surface area (Å²) >= 11 is 0. The van der Waals surface area contributed by atoms with Crippen LogP contribution in [0.3, 0.4) is 0 Å². The Bertz CT molecular complexity index is 282. The molecule has 0 bridgehead atoms. The lowest BCUT2D eigenvalue weighted by Crippen LogP contribution is -2.31. The lowest BCUT2D eigenvalue weighted by atomic mass is 10.4. The molecule has 0 aliphatic heterocycles. The number of aliphatic hydroxyl groups is 1. The number of aliphatic hydroxyl groups excluding tert-OH is 1. The van der Waals surface area contributed by atoms with Crippen LogP contribution in [0.5, 0.6) is 0 Å². The van der Waals surface area contributed by atoms with Gasteiger partial charge in [0, 0.05) is 13.1 Å². The standard InChI is InChI=1S/C12H22N2O2/c1-3-14(4-2)8-7-13-9-11-5-6-12(10-15)16-11/h5-6,13,15H,3-4,7-10H2,1-2H3. The normalized spacial score (nSPS) is 11.2. The molecule has 0 unspecified atom stereocenters. The zero-order valence-corrected chi connectivity index (χ0v) is 10.2. The van der Waals surface area contributed by atoms with Gasteiger partial charge in [-0.05, 0) is 25.2 Å². The quantitative estimate of drug-likeness (QED) is 0.654. The molecular formula is C12H22N2O2. The van der Waals surface area contributed by atoms with E-state index in [0.717, 1.165) is 38.5 Å². The summed E-state index contributed by atoms with van der Waals surface area (Å²) in [5, 5.41) is 12.2. The third-order valence-electron chi connectivity index (χ3n) is 2.67. The van der Waals surface area contributed by atoms with Crippen LogP contribution in [0.15, 0.2) is 16.5 Å². The van der Waals surface area contributed by atoms with E-state index in [1.165, 1.54) is 0 Å². The first kappa shape index (κ1) is 13.2. The minimum Gasteiger partial charge on any atom is -0.462 e. The lowest BCUT2D eigenvalue weighted by Gasteiger charge is -2.17. The van der Waals surface area contributed by atoms with Gasteiger partial charge in [0.15, 0.2) is 0 Å². The summed E-state index contributed by atoms with van der Waals surface area (Å²) in [4.78, 5) is 2.37. The van der Waals surface area contributed by atoms with Gasteiger partial charge >= 0.3 is 0 Å². The summed E-state index contributed by atoms with van der Waals surface area (Å²) in [6, 6.07) is 3.71. The highest BCUT2D eigenvalue weighted by Crippen LogP contribution is 2.06. The van der Waals surface area contributed by atoms with Crippen molar-refractivity contribution in [1.82, 2.24) is 10.2 Å². The van der Waals surface area contributed by atoms with Crippen molar-refractivity contribution in [2.75, 3.05) is 26.2 Å². The van der Waals surface area contributed by atoms with Crippen molar-refractivity contribution < 1.29 is 9.52 Å². The first-order valence-corrected chi connectivity index (χ1v) is 5.91. The lowest BCUT2D eigenvalue weighted by molar-refractivity contribution is 0.242. The highest BCUT2D eigenvalue weighted by atomic mass is 16.4. The van der Waals surface area contributed by atoms with Crippen molar-refractivity contribution in [3.63, 3.8) is 0 Å². The third-order valence-corrected chi connectivity index (χ3v) is 2.67. The molecule has 1 rings (SSSR count). The summed E-state index contributed by atoms with van der Waals surface area (Å²) in [6.45, 7) is 9.23. The molecule has 4 nitrogen and oxygen atoms in total. The van der Waals surface area contributed by atoms with Gasteiger partial charge in [0.2, 0.25) is 0 Å². The van der Waals surface area contributed by atoms with E-state index >= 15 is 0 Å². The number of nitrogens with zero attached hydrogens (tertiary/aromatic N) is 1. The SMILES string of the molecule is CCN(CC)CCNCc1ccc(CO)o1. The smallest absolute Gasteiger partial charge is 0.129 e. The average molecular weight is 226 g/mol. The molecule has 0 aliphatic rings. The maximum Gasteiger partial charge on any atom is 0.129 e. The fourth-order valence-corrected chi connectivity index (χ4v) is 1.59. The van der Waals surface area contributed by atoms with Crippen molar-refractivity contribution in [1.29, 1.82) is 0 Å². The van der Waals surface area contributed by atoms with Crippen molar-refractivity contribution >= 4 is 0 Å². The highest BCUT2D eigenvalue weighted by Gasteiger charge is 2.01. The van der Waals surface area contributed by atoms with Gasteiger partial charge in [0.1, 0.15) is 18.1 Å². The highest BCUT2D eigenvalue weighted by molar-refractivity contribution is 5.05. The van der Waals surface area contributed by atoms with Crippen LogP contribution in [0.25, 0.3) is 0 Å². The molecule has 0 atom stereocenters. The molecule has 92 valence electrons. The number of likely N-dealkylation sites (N-methyl/N-ethyl adjacent to an activating group) is 1. The molecule has 4 heteroatoms. The maximum atomic E-state index is 8.84. The summed E-state index contributed by atoms with van der Waals surface area (Å²) < 4.78 is 5.37. The first-order chi connectivity index (χ1) is 7.80. The van der Waals surface area contributed by atoms with Gasteiger partial charge in [-0.1, -0.05) is 13.8 Å². The summed E-state index contributed by atoms with van der Waals surface area (Å²) in [7, 11) is 0. The predicted octanol–water partition coefficient (Wildman–Crippen LogP) is 1.20. The minimum absolute atomic E-state index is 0.0283. The average Bonchev–Trinajstić information content (AvgIpc) is 2.77. The molecule has 1 aromatic heterocycles. The van der Waals surface area contributed by atoms with E-state index in [0.29, 0.717) is 5.76 Å². The van der Waals surface area contributed by atoms with Crippen LogP contribution in [0, 0.1) is 0 Å². The van der Waals surface area contributed by atoms with E-state index in [1.807, 2.05) is 6.07 Å². The number of furan rings is 1. The van der Waals surface area contributed by atoms with Crippen LogP contribution in [-0.2, 0) is 13.2 Å². The van der Waals surface area contributed by atoms with Crippen LogP contribution < -0.4 is 5.32 Å². The van der Waals surface area contributed by atoms with E-state index in [4.69, 9.17) is 9.52 Å². The molecule has 1 aromatic rings. The number of hydrogen-bond donors (Lipinski definition) is 2. The van der Waals surface area contributed by atoms with Crippen molar-refractivity contribution in [2.45, 2.75) is 27.0 Å². The molecule has 0 amide bonds. The molecule has 2 N–H and O–H groups in total. The van der Waals surface area contributed by atoms with Crippen LogP contribution in [-0.4, -0.2) is 36.2 Å². The van der Waals surface area contributed by atoms with E-state index in [2.05, 4.69) is 24.1 Å². The molecule has 16 heavy (non-hydrogen) atoms. The fourth-order valence-electron chi connectivity index (χ4n) is 1.59. The van der Waals surface area contributed by atoms with Gasteiger partial charge in [-0.15, -0.1) is 0 Å². The summed E-state index contributed by atoms with van der Waals surface area (Å²) in [6.07, 6.45) is 0. The first-order valence-electron chi connectivity index (χ1n) is 5.91. The topological polar surface area (TPSA) is 48.6 Å². The summed E-state index contributed by atoms with van der Waals surface area (Å²) in [5.74, 6) is 1.50. The van der Waals surface area contributed by atoms with Crippen molar-refractivity contribution in [3.8, 4) is 0 Å². The number of rotatable bonds is 8. The van der Waals surface area contributed by atoms with Gasteiger partial charge in [-0.25, -0.2) is 0 Å². The molecule has 1 heterocycles. The van der Waals surface area contributed by atoms with Crippen LogP contribution in [0.4, 0.5) is 0 Å². The van der Waals surface area contributed by atoms with Crippen LogP contribution in [0.2, 0.25) is 0 Å². The molecule has 0 fully saturated rings. The fraction of sp³-hybridized carbons (Fsp3) is 0.667. The Balaban J connectivity index is 2.15. The van der Waals surface area contributed by atoms with Gasteiger partial charge < -0.3 is 19.7 Å². The van der Waals surface area contributed by atoms with Gasteiger partial charge in [0.05, 0.1) is 6.54 Å².